The van der Waals surface area contributed by atoms with Gasteiger partial charge in [0.1, 0.15) is 5.75 Å². The van der Waals surface area contributed by atoms with Gasteiger partial charge < -0.3 is 10.1 Å². The van der Waals surface area contributed by atoms with Crippen molar-refractivity contribution in [2.24, 2.45) is 0 Å². The van der Waals surface area contributed by atoms with E-state index in [0.29, 0.717) is 35.1 Å². The standard InChI is InChI=1S/C19H21ClN2O4S/c1-13-12-15(20)4-9-18(13)26-14(2)19(23)21-16-5-7-17(8-6-16)22-10-3-11-27(22,24)25/h4-9,12,14H,3,10-11H2,1-2H3,(H,21,23). The number of halogens is 1. The minimum atomic E-state index is -3.21. The molecule has 6 nitrogen and oxygen atoms in total. The van der Waals surface area contributed by atoms with Crippen molar-refractivity contribution >= 4 is 38.9 Å². The van der Waals surface area contributed by atoms with Gasteiger partial charge in [0, 0.05) is 17.3 Å². The molecule has 1 N–H and O–H groups in total. The zero-order chi connectivity index (χ0) is 19.6. The molecule has 144 valence electrons. The quantitative estimate of drug-likeness (QED) is 0.820. The molecule has 2 aromatic rings. The van der Waals surface area contributed by atoms with Gasteiger partial charge in [-0.25, -0.2) is 8.42 Å². The first-order valence-corrected chi connectivity index (χ1v) is 10.6. The van der Waals surface area contributed by atoms with E-state index in [-0.39, 0.29) is 11.7 Å². The molecule has 0 aliphatic carbocycles. The van der Waals surface area contributed by atoms with Gasteiger partial charge in [-0.1, -0.05) is 11.6 Å². The number of hydrogen-bond donors (Lipinski definition) is 1. The van der Waals surface area contributed by atoms with Gasteiger partial charge in [-0.15, -0.1) is 0 Å². The number of rotatable bonds is 5. The predicted octanol–water partition coefficient (Wildman–Crippen LogP) is 3.59. The van der Waals surface area contributed by atoms with Crippen LogP contribution < -0.4 is 14.4 Å². The Labute approximate surface area is 164 Å². The van der Waals surface area contributed by atoms with Crippen molar-refractivity contribution in [3.8, 4) is 5.75 Å². The number of amides is 1. The highest BCUT2D eigenvalue weighted by Crippen LogP contribution is 2.26. The van der Waals surface area contributed by atoms with Gasteiger partial charge >= 0.3 is 0 Å². The number of nitrogens with zero attached hydrogens (tertiary/aromatic N) is 1. The number of carbonyl (C=O) groups excluding carboxylic acids is 1. The van der Waals surface area contributed by atoms with Crippen LogP contribution in [0.25, 0.3) is 0 Å². The minimum absolute atomic E-state index is 0.171. The van der Waals surface area contributed by atoms with Crippen LogP contribution in [0.3, 0.4) is 0 Å². The second kappa shape index (κ2) is 7.78. The summed E-state index contributed by atoms with van der Waals surface area (Å²) in [7, 11) is -3.21. The second-order valence-electron chi connectivity index (χ2n) is 6.45. The van der Waals surface area contributed by atoms with Gasteiger partial charge in [0.05, 0.1) is 11.4 Å². The van der Waals surface area contributed by atoms with Crippen molar-refractivity contribution in [2.75, 3.05) is 21.9 Å². The number of nitrogens with one attached hydrogen (secondary N) is 1. The van der Waals surface area contributed by atoms with E-state index in [4.69, 9.17) is 16.3 Å². The fraction of sp³-hybridized carbons (Fsp3) is 0.316. The smallest absolute Gasteiger partial charge is 0.265 e. The van der Waals surface area contributed by atoms with Gasteiger partial charge in [0.2, 0.25) is 10.0 Å². The summed E-state index contributed by atoms with van der Waals surface area (Å²) in [6, 6.07) is 11.9. The summed E-state index contributed by atoms with van der Waals surface area (Å²) in [4.78, 5) is 12.4. The van der Waals surface area contributed by atoms with Crippen molar-refractivity contribution in [3.05, 3.63) is 53.1 Å². The van der Waals surface area contributed by atoms with Crippen molar-refractivity contribution in [1.82, 2.24) is 0 Å². The molecular weight excluding hydrogens is 388 g/mol. The van der Waals surface area contributed by atoms with E-state index in [1.807, 2.05) is 6.92 Å². The van der Waals surface area contributed by atoms with Gasteiger partial charge in [0.15, 0.2) is 6.10 Å². The Hall–Kier alpha value is -2.25. The fourth-order valence-corrected chi connectivity index (χ4v) is 4.66. The Morgan fingerprint density at radius 1 is 1.22 bits per heavy atom. The molecule has 2 aromatic carbocycles. The van der Waals surface area contributed by atoms with Crippen LogP contribution in [0.5, 0.6) is 5.75 Å². The lowest BCUT2D eigenvalue weighted by atomic mass is 10.2. The van der Waals surface area contributed by atoms with Crippen LogP contribution in [0.15, 0.2) is 42.5 Å². The molecule has 0 radical (unpaired) electrons. The van der Waals surface area contributed by atoms with Crippen LogP contribution in [0.4, 0.5) is 11.4 Å². The summed E-state index contributed by atoms with van der Waals surface area (Å²) in [6.07, 6.45) is -0.0803. The molecule has 1 aliphatic heterocycles. The molecule has 1 amide bonds. The van der Waals surface area contributed by atoms with E-state index in [9.17, 15) is 13.2 Å². The number of anilines is 2. The Balaban J connectivity index is 1.63. The summed E-state index contributed by atoms with van der Waals surface area (Å²) in [5.41, 5.74) is 2.02. The molecular formula is C19H21ClN2O4S. The summed E-state index contributed by atoms with van der Waals surface area (Å²) in [6.45, 7) is 4.00. The molecule has 0 aromatic heterocycles. The summed E-state index contributed by atoms with van der Waals surface area (Å²) < 4.78 is 31.0. The largest absolute Gasteiger partial charge is 0.481 e. The SMILES string of the molecule is Cc1cc(Cl)ccc1OC(C)C(=O)Nc1ccc(N2CCCS2(=O)=O)cc1. The number of sulfonamides is 1. The maximum Gasteiger partial charge on any atom is 0.265 e. The molecule has 3 rings (SSSR count). The van der Waals surface area contributed by atoms with Crippen LogP contribution >= 0.6 is 11.6 Å². The molecule has 0 bridgehead atoms. The van der Waals surface area contributed by atoms with Gasteiger partial charge in [-0.05, 0) is 68.3 Å². The molecule has 0 saturated carbocycles. The Morgan fingerprint density at radius 3 is 2.52 bits per heavy atom. The zero-order valence-electron chi connectivity index (χ0n) is 15.1. The van der Waals surface area contributed by atoms with Crippen LogP contribution in [-0.2, 0) is 14.8 Å². The highest BCUT2D eigenvalue weighted by molar-refractivity contribution is 7.93. The van der Waals surface area contributed by atoms with Crippen LogP contribution in [0.1, 0.15) is 18.9 Å². The third-order valence-electron chi connectivity index (χ3n) is 4.33. The number of hydrogen-bond acceptors (Lipinski definition) is 4. The third-order valence-corrected chi connectivity index (χ3v) is 6.44. The first-order chi connectivity index (χ1) is 12.8. The Kier molecular flexibility index (Phi) is 5.62. The average molecular weight is 409 g/mol. The monoisotopic (exact) mass is 408 g/mol. The highest BCUT2D eigenvalue weighted by Gasteiger charge is 2.28. The van der Waals surface area contributed by atoms with Crippen molar-refractivity contribution < 1.29 is 17.9 Å². The molecule has 1 unspecified atom stereocenters. The first kappa shape index (κ1) is 19.5. The predicted molar refractivity (Wildman–Crippen MR) is 107 cm³/mol. The number of carbonyl (C=O) groups is 1. The molecule has 1 heterocycles. The summed E-state index contributed by atoms with van der Waals surface area (Å²) in [5.74, 6) is 0.465. The van der Waals surface area contributed by atoms with E-state index in [1.54, 1.807) is 49.4 Å². The number of ether oxygens (including phenoxy) is 1. The lowest BCUT2D eigenvalue weighted by molar-refractivity contribution is -0.122. The molecule has 1 atom stereocenters. The normalized spacial score (nSPS) is 16.8. The van der Waals surface area contributed by atoms with Gasteiger partial charge in [-0.3, -0.25) is 9.10 Å². The lowest BCUT2D eigenvalue weighted by Gasteiger charge is -2.18. The second-order valence-corrected chi connectivity index (χ2v) is 8.90. The molecule has 1 aliphatic rings. The minimum Gasteiger partial charge on any atom is -0.481 e. The molecule has 8 heteroatoms. The van der Waals surface area contributed by atoms with E-state index in [1.165, 1.54) is 4.31 Å². The number of aryl methyl sites for hydroxylation is 1. The third kappa shape index (κ3) is 4.54. The van der Waals surface area contributed by atoms with Crippen molar-refractivity contribution in [2.45, 2.75) is 26.4 Å². The summed E-state index contributed by atoms with van der Waals surface area (Å²) in [5, 5.41) is 3.38. The maximum absolute atomic E-state index is 12.4. The summed E-state index contributed by atoms with van der Waals surface area (Å²) >= 11 is 5.92. The number of benzene rings is 2. The molecule has 0 spiro atoms. The van der Waals surface area contributed by atoms with Gasteiger partial charge in [0.25, 0.3) is 5.91 Å². The Bertz CT molecular complexity index is 945. The van der Waals surface area contributed by atoms with Crippen LogP contribution in [0.2, 0.25) is 5.02 Å². The van der Waals surface area contributed by atoms with E-state index < -0.39 is 16.1 Å². The maximum atomic E-state index is 12.4. The van der Waals surface area contributed by atoms with E-state index in [0.717, 1.165) is 5.56 Å². The van der Waals surface area contributed by atoms with Crippen molar-refractivity contribution in [3.63, 3.8) is 0 Å². The molecule has 27 heavy (non-hydrogen) atoms. The van der Waals surface area contributed by atoms with Crippen molar-refractivity contribution in [1.29, 1.82) is 0 Å². The lowest BCUT2D eigenvalue weighted by Crippen LogP contribution is -2.30. The van der Waals surface area contributed by atoms with Crippen LogP contribution in [0, 0.1) is 6.92 Å². The topological polar surface area (TPSA) is 75.7 Å². The van der Waals surface area contributed by atoms with E-state index >= 15 is 0 Å². The first-order valence-electron chi connectivity index (χ1n) is 8.60. The fourth-order valence-electron chi connectivity index (χ4n) is 2.87. The van der Waals surface area contributed by atoms with Gasteiger partial charge in [-0.2, -0.15) is 0 Å². The Morgan fingerprint density at radius 2 is 1.93 bits per heavy atom. The van der Waals surface area contributed by atoms with Crippen LogP contribution in [-0.4, -0.2) is 32.7 Å². The van der Waals surface area contributed by atoms with E-state index in [2.05, 4.69) is 5.32 Å². The zero-order valence-corrected chi connectivity index (χ0v) is 16.7. The molecule has 1 fully saturated rings. The average Bonchev–Trinajstić information content (AvgIpc) is 2.97. The molecule has 1 saturated heterocycles. The highest BCUT2D eigenvalue weighted by atomic mass is 35.5.